The second-order valence-corrected chi connectivity index (χ2v) is 7.00. The van der Waals surface area contributed by atoms with E-state index in [0.717, 1.165) is 5.56 Å². The van der Waals surface area contributed by atoms with Crippen LogP contribution in [0.3, 0.4) is 0 Å². The lowest BCUT2D eigenvalue weighted by Gasteiger charge is -2.31. The fourth-order valence-electron chi connectivity index (χ4n) is 2.44. The predicted octanol–water partition coefficient (Wildman–Crippen LogP) is 3.41. The molecular formula is C15H18ClNO3S. The van der Waals surface area contributed by atoms with Crippen LogP contribution in [0.1, 0.15) is 31.2 Å². The molecule has 1 aromatic rings. The zero-order chi connectivity index (χ0) is 15.6. The molecule has 1 aromatic carbocycles. The Kier molecular flexibility index (Phi) is 5.17. The number of amides is 1. The summed E-state index contributed by atoms with van der Waals surface area (Å²) in [6, 6.07) is 6.43. The monoisotopic (exact) mass is 327 g/mol. The van der Waals surface area contributed by atoms with Gasteiger partial charge in [0.25, 0.3) is 0 Å². The summed E-state index contributed by atoms with van der Waals surface area (Å²) in [5.41, 5.74) is 0.908. The molecule has 1 saturated heterocycles. The molecular weight excluding hydrogens is 310 g/mol. The summed E-state index contributed by atoms with van der Waals surface area (Å²) >= 11 is 7.34. The minimum atomic E-state index is -0.946. The van der Waals surface area contributed by atoms with Crippen molar-refractivity contribution in [1.29, 1.82) is 0 Å². The number of carbonyl (C=O) groups excluding carboxylic acids is 1. The summed E-state index contributed by atoms with van der Waals surface area (Å²) in [4.78, 5) is 25.3. The van der Waals surface area contributed by atoms with Crippen LogP contribution in [0.2, 0.25) is 5.02 Å². The molecule has 114 valence electrons. The molecule has 0 bridgehead atoms. The standard InChI is InChI=1S/C15H18ClNO3S/c1-9(2)7-12(15(19)20)17-13(18)8-21-14(17)10-3-5-11(16)6-4-10/h3-6,9,12,14H,7-8H2,1-2H3,(H,19,20)/t12-,14?/m0/s1. The molecule has 0 saturated carbocycles. The summed E-state index contributed by atoms with van der Waals surface area (Å²) in [7, 11) is 0. The average molecular weight is 328 g/mol. The predicted molar refractivity (Wildman–Crippen MR) is 84.4 cm³/mol. The Morgan fingerprint density at radius 1 is 1.43 bits per heavy atom. The summed E-state index contributed by atoms with van der Waals surface area (Å²) in [5.74, 6) is -0.545. The van der Waals surface area contributed by atoms with Gasteiger partial charge in [-0.1, -0.05) is 37.6 Å². The normalized spacial score (nSPS) is 20.1. The van der Waals surface area contributed by atoms with E-state index in [1.165, 1.54) is 16.7 Å². The molecule has 1 N–H and O–H groups in total. The van der Waals surface area contributed by atoms with Gasteiger partial charge in [0.05, 0.1) is 5.75 Å². The van der Waals surface area contributed by atoms with Gasteiger partial charge in [0.2, 0.25) is 5.91 Å². The highest BCUT2D eigenvalue weighted by molar-refractivity contribution is 8.00. The maximum atomic E-state index is 12.2. The van der Waals surface area contributed by atoms with Gasteiger partial charge in [0.15, 0.2) is 0 Å². The van der Waals surface area contributed by atoms with E-state index >= 15 is 0 Å². The van der Waals surface area contributed by atoms with E-state index in [1.807, 2.05) is 26.0 Å². The molecule has 1 heterocycles. The van der Waals surface area contributed by atoms with Gasteiger partial charge in [-0.25, -0.2) is 4.79 Å². The van der Waals surface area contributed by atoms with Crippen LogP contribution in [0.4, 0.5) is 0 Å². The van der Waals surface area contributed by atoms with Crippen LogP contribution in [0.5, 0.6) is 0 Å². The minimum Gasteiger partial charge on any atom is -0.480 e. The number of carboxylic acids is 1. The molecule has 6 heteroatoms. The number of aliphatic carboxylic acids is 1. The molecule has 0 radical (unpaired) electrons. The maximum Gasteiger partial charge on any atom is 0.326 e. The smallest absolute Gasteiger partial charge is 0.326 e. The summed E-state index contributed by atoms with van der Waals surface area (Å²) in [6.45, 7) is 3.92. The zero-order valence-electron chi connectivity index (χ0n) is 12.0. The van der Waals surface area contributed by atoms with Crippen molar-refractivity contribution in [3.05, 3.63) is 34.9 Å². The topological polar surface area (TPSA) is 57.6 Å². The summed E-state index contributed by atoms with van der Waals surface area (Å²) in [6.07, 6.45) is 0.450. The van der Waals surface area contributed by atoms with Gasteiger partial charge in [-0.3, -0.25) is 4.79 Å². The van der Waals surface area contributed by atoms with Crippen molar-refractivity contribution in [2.24, 2.45) is 5.92 Å². The van der Waals surface area contributed by atoms with Gasteiger partial charge in [-0.2, -0.15) is 0 Å². The Labute approximate surface area is 133 Å². The van der Waals surface area contributed by atoms with Gasteiger partial charge < -0.3 is 10.0 Å². The molecule has 1 amide bonds. The molecule has 2 rings (SSSR count). The van der Waals surface area contributed by atoms with Crippen LogP contribution in [-0.4, -0.2) is 33.7 Å². The second kappa shape index (κ2) is 6.71. The van der Waals surface area contributed by atoms with Gasteiger partial charge in [-0.05, 0) is 30.0 Å². The first kappa shape index (κ1) is 16.2. The number of carbonyl (C=O) groups is 2. The zero-order valence-corrected chi connectivity index (χ0v) is 13.5. The third-order valence-corrected chi connectivity index (χ3v) is 4.86. The maximum absolute atomic E-state index is 12.2. The summed E-state index contributed by atoms with van der Waals surface area (Å²) in [5, 5.41) is 9.85. The fourth-order valence-corrected chi connectivity index (χ4v) is 3.79. The van der Waals surface area contributed by atoms with Gasteiger partial charge in [-0.15, -0.1) is 11.8 Å². The van der Waals surface area contributed by atoms with Crippen molar-refractivity contribution in [1.82, 2.24) is 4.90 Å². The van der Waals surface area contributed by atoms with E-state index in [1.54, 1.807) is 12.1 Å². The molecule has 21 heavy (non-hydrogen) atoms. The Hall–Kier alpha value is -1.20. The van der Waals surface area contributed by atoms with Gasteiger partial charge in [0, 0.05) is 5.02 Å². The third-order valence-electron chi connectivity index (χ3n) is 3.38. The molecule has 1 fully saturated rings. The van der Waals surface area contributed by atoms with Crippen molar-refractivity contribution in [3.63, 3.8) is 0 Å². The van der Waals surface area contributed by atoms with Crippen LogP contribution in [0.25, 0.3) is 0 Å². The lowest BCUT2D eigenvalue weighted by molar-refractivity contribution is -0.150. The number of halogens is 1. The van der Waals surface area contributed by atoms with Crippen LogP contribution >= 0.6 is 23.4 Å². The number of carboxylic acid groups (broad SMARTS) is 1. The lowest BCUT2D eigenvalue weighted by atomic mass is 10.0. The molecule has 1 unspecified atom stereocenters. The third kappa shape index (κ3) is 3.71. The Morgan fingerprint density at radius 2 is 2.05 bits per heavy atom. The van der Waals surface area contributed by atoms with E-state index in [9.17, 15) is 14.7 Å². The highest BCUT2D eigenvalue weighted by Crippen LogP contribution is 2.41. The molecule has 2 atom stereocenters. The van der Waals surface area contributed by atoms with Crippen molar-refractivity contribution < 1.29 is 14.7 Å². The highest BCUT2D eigenvalue weighted by Gasteiger charge is 2.41. The first-order valence-corrected chi connectivity index (χ1v) is 8.24. The van der Waals surface area contributed by atoms with Gasteiger partial charge >= 0.3 is 5.97 Å². The molecule has 4 nitrogen and oxygen atoms in total. The fraction of sp³-hybridized carbons (Fsp3) is 0.467. The number of hydrogen-bond acceptors (Lipinski definition) is 3. The minimum absolute atomic E-state index is 0.118. The number of benzene rings is 1. The first-order valence-electron chi connectivity index (χ1n) is 6.81. The molecule has 1 aliphatic rings. The van der Waals surface area contributed by atoms with Crippen molar-refractivity contribution in [2.75, 3.05) is 5.75 Å². The largest absolute Gasteiger partial charge is 0.480 e. The average Bonchev–Trinajstić information content (AvgIpc) is 2.78. The first-order chi connectivity index (χ1) is 9.90. The number of nitrogens with zero attached hydrogens (tertiary/aromatic N) is 1. The van der Waals surface area contributed by atoms with Crippen molar-refractivity contribution in [3.8, 4) is 0 Å². The van der Waals surface area contributed by atoms with E-state index in [0.29, 0.717) is 17.2 Å². The van der Waals surface area contributed by atoms with Crippen LogP contribution < -0.4 is 0 Å². The lowest BCUT2D eigenvalue weighted by Crippen LogP contribution is -2.44. The van der Waals surface area contributed by atoms with Crippen molar-refractivity contribution >= 4 is 35.2 Å². The Bertz CT molecular complexity index is 532. The SMILES string of the molecule is CC(C)C[C@@H](C(=O)O)N1C(=O)CSC1c1ccc(Cl)cc1. The number of thioether (sulfide) groups is 1. The van der Waals surface area contributed by atoms with Crippen LogP contribution in [-0.2, 0) is 9.59 Å². The summed E-state index contributed by atoms with van der Waals surface area (Å²) < 4.78 is 0. The van der Waals surface area contributed by atoms with Gasteiger partial charge in [0.1, 0.15) is 11.4 Å². The molecule has 0 spiro atoms. The van der Waals surface area contributed by atoms with Crippen LogP contribution in [0.15, 0.2) is 24.3 Å². The second-order valence-electron chi connectivity index (χ2n) is 5.50. The molecule has 0 aliphatic carbocycles. The van der Waals surface area contributed by atoms with Crippen molar-refractivity contribution in [2.45, 2.75) is 31.7 Å². The Balaban J connectivity index is 2.30. The van der Waals surface area contributed by atoms with E-state index in [-0.39, 0.29) is 17.2 Å². The molecule has 0 aromatic heterocycles. The highest BCUT2D eigenvalue weighted by atomic mass is 35.5. The molecule has 1 aliphatic heterocycles. The van der Waals surface area contributed by atoms with E-state index in [4.69, 9.17) is 11.6 Å². The van der Waals surface area contributed by atoms with E-state index in [2.05, 4.69) is 0 Å². The quantitative estimate of drug-likeness (QED) is 0.900. The number of rotatable bonds is 5. The van der Waals surface area contributed by atoms with Crippen LogP contribution in [0, 0.1) is 5.92 Å². The Morgan fingerprint density at radius 3 is 2.57 bits per heavy atom. The van der Waals surface area contributed by atoms with E-state index < -0.39 is 12.0 Å². The number of hydrogen-bond donors (Lipinski definition) is 1.